The van der Waals surface area contributed by atoms with E-state index < -0.39 is 23.3 Å². The first-order valence-corrected chi connectivity index (χ1v) is 5.84. The number of hydrogen-bond donors (Lipinski definition) is 1. The Labute approximate surface area is 117 Å². The van der Waals surface area contributed by atoms with Gasteiger partial charge in [0, 0.05) is 11.8 Å². The summed E-state index contributed by atoms with van der Waals surface area (Å²) in [4.78, 5) is 14.9. The lowest BCUT2D eigenvalue weighted by Gasteiger charge is -2.12. The van der Waals surface area contributed by atoms with E-state index >= 15 is 0 Å². The van der Waals surface area contributed by atoms with Crippen LogP contribution in [0, 0.1) is 0 Å². The Bertz CT molecular complexity index is 642. The molecule has 1 aromatic carbocycles. The molecule has 0 unspecified atom stereocenters. The van der Waals surface area contributed by atoms with Crippen LogP contribution in [0.3, 0.4) is 0 Å². The van der Waals surface area contributed by atoms with Crippen molar-refractivity contribution in [3.8, 4) is 5.75 Å². The molecule has 21 heavy (non-hydrogen) atoms. The molecule has 1 heterocycles. The van der Waals surface area contributed by atoms with Crippen molar-refractivity contribution < 1.29 is 27.8 Å². The van der Waals surface area contributed by atoms with Crippen LogP contribution in [0.4, 0.5) is 13.2 Å². The van der Waals surface area contributed by atoms with Crippen molar-refractivity contribution >= 4 is 5.97 Å². The summed E-state index contributed by atoms with van der Waals surface area (Å²) < 4.78 is 43.0. The molecule has 4 nitrogen and oxygen atoms in total. The fourth-order valence-corrected chi connectivity index (χ4v) is 1.67. The molecule has 0 saturated heterocycles. The molecular weight excluding hydrogens is 287 g/mol. The molecule has 0 saturated carbocycles. The van der Waals surface area contributed by atoms with Gasteiger partial charge < -0.3 is 9.84 Å². The van der Waals surface area contributed by atoms with Gasteiger partial charge >= 0.3 is 12.1 Å². The van der Waals surface area contributed by atoms with Crippen molar-refractivity contribution in [3.63, 3.8) is 0 Å². The van der Waals surface area contributed by atoms with Crippen molar-refractivity contribution in [2.24, 2.45) is 0 Å². The van der Waals surface area contributed by atoms with Gasteiger partial charge in [-0.15, -0.1) is 0 Å². The molecule has 2 rings (SSSR count). The minimum Gasteiger partial charge on any atom is -0.487 e. The molecule has 1 aromatic heterocycles. The summed E-state index contributed by atoms with van der Waals surface area (Å²) in [5.74, 6) is -1.04. The van der Waals surface area contributed by atoms with E-state index in [0.717, 1.165) is 12.1 Å². The predicted molar refractivity (Wildman–Crippen MR) is 67.0 cm³/mol. The summed E-state index contributed by atoms with van der Waals surface area (Å²) in [6.45, 7) is -0.161. The van der Waals surface area contributed by atoms with Crippen LogP contribution < -0.4 is 4.74 Å². The molecule has 0 aliphatic carbocycles. The second-order valence-corrected chi connectivity index (χ2v) is 4.15. The normalized spacial score (nSPS) is 11.2. The molecule has 0 fully saturated rings. The summed E-state index contributed by atoms with van der Waals surface area (Å²) in [6, 6.07) is 5.76. The lowest BCUT2D eigenvalue weighted by molar-refractivity contribution is -0.137. The lowest BCUT2D eigenvalue weighted by atomic mass is 10.0. The number of nitrogens with zero attached hydrogens (tertiary/aromatic N) is 1. The average molecular weight is 297 g/mol. The summed E-state index contributed by atoms with van der Waals surface area (Å²) in [7, 11) is 0. The van der Waals surface area contributed by atoms with Crippen LogP contribution in [0.1, 0.15) is 21.5 Å². The van der Waals surface area contributed by atoms with Gasteiger partial charge in [-0.2, -0.15) is 13.2 Å². The van der Waals surface area contributed by atoms with Crippen molar-refractivity contribution in [2.75, 3.05) is 0 Å². The Balaban J connectivity index is 2.25. The van der Waals surface area contributed by atoms with Gasteiger partial charge in [-0.3, -0.25) is 4.98 Å². The highest BCUT2D eigenvalue weighted by atomic mass is 19.4. The number of benzene rings is 1. The molecule has 0 aliphatic rings. The van der Waals surface area contributed by atoms with Gasteiger partial charge in [0.15, 0.2) is 0 Å². The first-order valence-electron chi connectivity index (χ1n) is 5.84. The van der Waals surface area contributed by atoms with E-state index in [0.29, 0.717) is 11.8 Å². The van der Waals surface area contributed by atoms with Crippen molar-refractivity contribution in [2.45, 2.75) is 12.8 Å². The maximum absolute atomic E-state index is 12.6. The molecule has 0 radical (unpaired) electrons. The maximum atomic E-state index is 12.6. The third-order valence-electron chi connectivity index (χ3n) is 2.70. The van der Waals surface area contributed by atoms with Gasteiger partial charge in [-0.25, -0.2) is 4.79 Å². The summed E-state index contributed by atoms with van der Waals surface area (Å²) in [5.41, 5.74) is -1.29. The number of alkyl halides is 3. The van der Waals surface area contributed by atoms with Gasteiger partial charge in [-0.05, 0) is 24.3 Å². The zero-order valence-corrected chi connectivity index (χ0v) is 10.6. The summed E-state index contributed by atoms with van der Waals surface area (Å²) in [6.07, 6.45) is -1.63. The maximum Gasteiger partial charge on any atom is 0.416 e. The Morgan fingerprint density at radius 1 is 1.29 bits per heavy atom. The average Bonchev–Trinajstić information content (AvgIpc) is 2.45. The van der Waals surface area contributed by atoms with Gasteiger partial charge in [0.05, 0.1) is 17.3 Å². The first kappa shape index (κ1) is 14.8. The number of carbonyl (C=O) groups is 1. The van der Waals surface area contributed by atoms with Gasteiger partial charge in [-0.1, -0.05) is 6.07 Å². The Kier molecular flexibility index (Phi) is 4.11. The monoisotopic (exact) mass is 297 g/mol. The van der Waals surface area contributed by atoms with E-state index in [1.165, 1.54) is 12.4 Å². The molecule has 0 bridgehead atoms. The molecule has 0 atom stereocenters. The molecular formula is C14H10F3NO3. The Morgan fingerprint density at radius 3 is 2.62 bits per heavy atom. The highest BCUT2D eigenvalue weighted by Crippen LogP contribution is 2.30. The van der Waals surface area contributed by atoms with E-state index in [1.807, 2.05) is 0 Å². The van der Waals surface area contributed by atoms with E-state index in [4.69, 9.17) is 9.84 Å². The van der Waals surface area contributed by atoms with E-state index in [-0.39, 0.29) is 12.2 Å². The minimum absolute atomic E-state index is 0.152. The molecule has 2 aromatic rings. The Hall–Kier alpha value is -2.57. The SMILES string of the molecule is O=C(O)c1cc(C(F)(F)F)ccc1COc1cccnc1. The van der Waals surface area contributed by atoms with Crippen LogP contribution in [0.2, 0.25) is 0 Å². The number of hydrogen-bond acceptors (Lipinski definition) is 3. The smallest absolute Gasteiger partial charge is 0.416 e. The van der Waals surface area contributed by atoms with Crippen molar-refractivity contribution in [1.82, 2.24) is 4.98 Å². The third-order valence-corrected chi connectivity index (χ3v) is 2.70. The minimum atomic E-state index is -4.59. The fraction of sp³-hybridized carbons (Fsp3) is 0.143. The van der Waals surface area contributed by atoms with E-state index in [9.17, 15) is 18.0 Å². The second-order valence-electron chi connectivity index (χ2n) is 4.15. The molecule has 0 aliphatic heterocycles. The second kappa shape index (κ2) is 5.82. The lowest BCUT2D eigenvalue weighted by Crippen LogP contribution is -2.11. The zero-order chi connectivity index (χ0) is 15.5. The topological polar surface area (TPSA) is 59.4 Å². The predicted octanol–water partition coefficient (Wildman–Crippen LogP) is 3.38. The van der Waals surface area contributed by atoms with Crippen LogP contribution in [0.25, 0.3) is 0 Å². The molecule has 7 heteroatoms. The highest BCUT2D eigenvalue weighted by Gasteiger charge is 2.31. The van der Waals surface area contributed by atoms with Gasteiger partial charge in [0.2, 0.25) is 0 Å². The number of pyridine rings is 1. The number of halogens is 3. The van der Waals surface area contributed by atoms with Crippen LogP contribution in [0.15, 0.2) is 42.7 Å². The number of aromatic nitrogens is 1. The van der Waals surface area contributed by atoms with Crippen molar-refractivity contribution in [1.29, 1.82) is 0 Å². The number of carboxylic acids is 1. The van der Waals surface area contributed by atoms with E-state index in [2.05, 4.69) is 4.98 Å². The molecule has 1 N–H and O–H groups in total. The number of aromatic carboxylic acids is 1. The van der Waals surface area contributed by atoms with Crippen LogP contribution in [-0.4, -0.2) is 16.1 Å². The van der Waals surface area contributed by atoms with Gasteiger partial charge in [0.25, 0.3) is 0 Å². The standard InChI is InChI=1S/C14H10F3NO3/c15-14(16,17)10-4-3-9(12(6-10)13(19)20)8-21-11-2-1-5-18-7-11/h1-7H,8H2,(H,19,20). The summed E-state index contributed by atoms with van der Waals surface area (Å²) in [5, 5.41) is 9.02. The number of carboxylic acid groups (broad SMARTS) is 1. The molecule has 110 valence electrons. The van der Waals surface area contributed by atoms with Crippen LogP contribution in [0.5, 0.6) is 5.75 Å². The molecule has 0 spiro atoms. The first-order chi connectivity index (χ1) is 9.88. The summed E-state index contributed by atoms with van der Waals surface area (Å²) >= 11 is 0. The largest absolute Gasteiger partial charge is 0.487 e. The number of ether oxygens (including phenoxy) is 1. The number of rotatable bonds is 4. The van der Waals surface area contributed by atoms with Crippen molar-refractivity contribution in [3.05, 3.63) is 59.4 Å². The van der Waals surface area contributed by atoms with Crippen LogP contribution >= 0.6 is 0 Å². The zero-order valence-electron chi connectivity index (χ0n) is 10.6. The Morgan fingerprint density at radius 2 is 2.05 bits per heavy atom. The third kappa shape index (κ3) is 3.71. The highest BCUT2D eigenvalue weighted by molar-refractivity contribution is 5.89. The molecule has 0 amide bonds. The fourth-order valence-electron chi connectivity index (χ4n) is 1.67. The van der Waals surface area contributed by atoms with E-state index in [1.54, 1.807) is 12.1 Å². The van der Waals surface area contributed by atoms with Gasteiger partial charge in [0.1, 0.15) is 12.4 Å². The quantitative estimate of drug-likeness (QED) is 0.940. The van der Waals surface area contributed by atoms with Crippen LogP contribution in [-0.2, 0) is 12.8 Å².